The highest BCUT2D eigenvalue weighted by Gasteiger charge is 2.16. The van der Waals surface area contributed by atoms with Crippen LogP contribution in [0.4, 0.5) is 0 Å². The monoisotopic (exact) mass is 262 g/mol. The molecular formula is C17H19BN2. The molecule has 2 nitrogen and oxygen atoms in total. The Morgan fingerprint density at radius 2 is 2.10 bits per heavy atom. The Labute approximate surface area is 122 Å². The second kappa shape index (κ2) is 5.80. The van der Waals surface area contributed by atoms with Crippen LogP contribution in [0, 0.1) is 0 Å². The molecule has 0 aliphatic carbocycles. The lowest BCUT2D eigenvalue weighted by Crippen LogP contribution is -2.30. The number of nitrogens with zero attached hydrogens (tertiary/aromatic N) is 2. The van der Waals surface area contributed by atoms with Crippen molar-refractivity contribution in [2.75, 3.05) is 6.54 Å². The Hall–Kier alpha value is -1.61. The van der Waals surface area contributed by atoms with E-state index in [0.717, 1.165) is 43.6 Å². The second-order valence-electron chi connectivity index (χ2n) is 5.50. The van der Waals surface area contributed by atoms with Crippen LogP contribution >= 0.6 is 0 Å². The first-order valence-electron chi connectivity index (χ1n) is 7.28. The largest absolute Gasteiger partial charge is 0.294 e. The molecule has 0 saturated heterocycles. The molecule has 0 saturated carbocycles. The van der Waals surface area contributed by atoms with Crippen LogP contribution in [0.2, 0.25) is 0 Å². The summed E-state index contributed by atoms with van der Waals surface area (Å²) < 4.78 is 0. The summed E-state index contributed by atoms with van der Waals surface area (Å²) in [6.07, 6.45) is 4.11. The third-order valence-corrected chi connectivity index (χ3v) is 3.98. The van der Waals surface area contributed by atoms with Gasteiger partial charge in [-0.15, -0.1) is 0 Å². The van der Waals surface area contributed by atoms with Crippen LogP contribution in [0.15, 0.2) is 36.5 Å². The molecule has 0 amide bonds. The summed E-state index contributed by atoms with van der Waals surface area (Å²) in [7, 11) is 5.88. The molecule has 1 aromatic heterocycles. The fourth-order valence-corrected chi connectivity index (χ4v) is 2.79. The fourth-order valence-electron chi connectivity index (χ4n) is 2.79. The third kappa shape index (κ3) is 2.93. The summed E-state index contributed by atoms with van der Waals surface area (Å²) in [6, 6.07) is 10.6. The van der Waals surface area contributed by atoms with E-state index in [1.165, 1.54) is 16.7 Å². The van der Waals surface area contributed by atoms with Crippen molar-refractivity contribution in [1.29, 1.82) is 0 Å². The zero-order valence-corrected chi connectivity index (χ0v) is 12.0. The van der Waals surface area contributed by atoms with Gasteiger partial charge in [-0.1, -0.05) is 36.7 Å². The Balaban J connectivity index is 1.70. The fraction of sp³-hybridized carbons (Fsp3) is 0.353. The highest BCUT2D eigenvalue weighted by atomic mass is 15.1. The molecule has 2 aromatic rings. The summed E-state index contributed by atoms with van der Waals surface area (Å²) in [4.78, 5) is 6.94. The van der Waals surface area contributed by atoms with E-state index in [4.69, 9.17) is 7.85 Å². The van der Waals surface area contributed by atoms with Crippen LogP contribution in [0.5, 0.6) is 0 Å². The zero-order valence-electron chi connectivity index (χ0n) is 12.0. The number of hydrogen-bond acceptors (Lipinski definition) is 2. The molecule has 0 unspecified atom stereocenters. The molecule has 0 spiro atoms. The summed E-state index contributed by atoms with van der Waals surface area (Å²) >= 11 is 0. The molecule has 1 aliphatic rings. The number of benzene rings is 1. The molecule has 1 aliphatic heterocycles. The Bertz CT molecular complexity index is 592. The van der Waals surface area contributed by atoms with Gasteiger partial charge >= 0.3 is 0 Å². The van der Waals surface area contributed by atoms with Crippen LogP contribution in [0.1, 0.15) is 29.3 Å². The molecule has 3 rings (SSSR count). The minimum atomic E-state index is 0.861. The topological polar surface area (TPSA) is 16.1 Å². The summed E-state index contributed by atoms with van der Waals surface area (Å²) in [5.41, 5.74) is 6.11. The zero-order chi connectivity index (χ0) is 13.9. The first-order chi connectivity index (χ1) is 9.74. The lowest BCUT2D eigenvalue weighted by atomic mass is 9.89. The molecule has 0 atom stereocenters. The number of rotatable bonds is 3. The van der Waals surface area contributed by atoms with Crippen molar-refractivity contribution < 1.29 is 0 Å². The lowest BCUT2D eigenvalue weighted by molar-refractivity contribution is 0.245. The van der Waals surface area contributed by atoms with Crippen LogP contribution in [0.25, 0.3) is 0 Å². The van der Waals surface area contributed by atoms with E-state index >= 15 is 0 Å². The first-order valence-corrected chi connectivity index (χ1v) is 7.28. The van der Waals surface area contributed by atoms with Gasteiger partial charge < -0.3 is 0 Å². The number of hydrogen-bond donors (Lipinski definition) is 0. The van der Waals surface area contributed by atoms with Crippen molar-refractivity contribution in [2.45, 2.75) is 32.9 Å². The maximum Gasteiger partial charge on any atom is 0.113 e. The number of pyridine rings is 1. The van der Waals surface area contributed by atoms with E-state index in [0.29, 0.717) is 0 Å². The van der Waals surface area contributed by atoms with E-state index in [-0.39, 0.29) is 0 Å². The van der Waals surface area contributed by atoms with Crippen molar-refractivity contribution in [3.8, 4) is 0 Å². The van der Waals surface area contributed by atoms with E-state index < -0.39 is 0 Å². The molecule has 100 valence electrons. The highest BCUT2D eigenvalue weighted by molar-refractivity contribution is 6.32. The second-order valence-corrected chi connectivity index (χ2v) is 5.50. The van der Waals surface area contributed by atoms with E-state index in [9.17, 15) is 0 Å². The predicted molar refractivity (Wildman–Crippen MR) is 83.3 cm³/mol. The van der Waals surface area contributed by atoms with Crippen molar-refractivity contribution in [1.82, 2.24) is 9.88 Å². The highest BCUT2D eigenvalue weighted by Crippen LogP contribution is 2.19. The first kappa shape index (κ1) is 13.4. The average Bonchev–Trinajstić information content (AvgIpc) is 2.47. The quantitative estimate of drug-likeness (QED) is 0.786. The van der Waals surface area contributed by atoms with Gasteiger partial charge in [0.25, 0.3) is 0 Å². The van der Waals surface area contributed by atoms with Gasteiger partial charge in [0.2, 0.25) is 0 Å². The van der Waals surface area contributed by atoms with Crippen molar-refractivity contribution in [3.63, 3.8) is 0 Å². The van der Waals surface area contributed by atoms with Crippen LogP contribution in [-0.4, -0.2) is 24.3 Å². The van der Waals surface area contributed by atoms with Gasteiger partial charge in [-0.25, -0.2) is 0 Å². The van der Waals surface area contributed by atoms with Gasteiger partial charge in [0, 0.05) is 31.5 Å². The Morgan fingerprint density at radius 1 is 1.20 bits per heavy atom. The van der Waals surface area contributed by atoms with Crippen molar-refractivity contribution in [3.05, 3.63) is 58.9 Å². The minimum absolute atomic E-state index is 0.861. The molecule has 0 bridgehead atoms. The molecule has 1 aromatic carbocycles. The Kier molecular flexibility index (Phi) is 3.88. The van der Waals surface area contributed by atoms with Gasteiger partial charge in [-0.05, 0) is 35.6 Å². The standard InChI is InChI=1S/C17H19BN2/c1-2-17-6-3-13(10-19-17)11-20-8-7-14-4-5-16(18)9-15(14)12-20/h3-6,9-10H,2,7-8,11-12H2,1H3. The van der Waals surface area contributed by atoms with Gasteiger partial charge in [0.1, 0.15) is 7.85 Å². The molecule has 2 heterocycles. The minimum Gasteiger partial charge on any atom is -0.294 e. The van der Waals surface area contributed by atoms with Crippen molar-refractivity contribution in [2.24, 2.45) is 0 Å². The van der Waals surface area contributed by atoms with Crippen LogP contribution in [0.3, 0.4) is 0 Å². The molecule has 3 heteroatoms. The van der Waals surface area contributed by atoms with Crippen LogP contribution < -0.4 is 5.46 Å². The third-order valence-electron chi connectivity index (χ3n) is 3.98. The molecule has 0 N–H and O–H groups in total. The van der Waals surface area contributed by atoms with Gasteiger partial charge in [-0.2, -0.15) is 0 Å². The predicted octanol–water partition coefficient (Wildman–Crippen LogP) is 2.00. The summed E-state index contributed by atoms with van der Waals surface area (Å²) in [5.74, 6) is 0. The molecule has 2 radical (unpaired) electrons. The average molecular weight is 262 g/mol. The van der Waals surface area contributed by atoms with Gasteiger partial charge in [-0.3, -0.25) is 9.88 Å². The lowest BCUT2D eigenvalue weighted by Gasteiger charge is -2.29. The molecular weight excluding hydrogens is 243 g/mol. The number of aromatic nitrogens is 1. The van der Waals surface area contributed by atoms with Crippen LogP contribution in [-0.2, 0) is 25.9 Å². The molecule has 20 heavy (non-hydrogen) atoms. The van der Waals surface area contributed by atoms with E-state index in [1.54, 1.807) is 0 Å². The number of aryl methyl sites for hydroxylation is 1. The summed E-state index contributed by atoms with van der Waals surface area (Å²) in [6.45, 7) is 5.18. The Morgan fingerprint density at radius 3 is 2.85 bits per heavy atom. The van der Waals surface area contributed by atoms with Gasteiger partial charge in [0.05, 0.1) is 0 Å². The smallest absolute Gasteiger partial charge is 0.113 e. The van der Waals surface area contributed by atoms with Gasteiger partial charge in [0.15, 0.2) is 0 Å². The normalized spacial score (nSPS) is 15.1. The molecule has 0 fully saturated rings. The SMILES string of the molecule is [B]c1ccc2c(c1)CN(Cc1ccc(CC)nc1)CC2. The van der Waals surface area contributed by atoms with Crippen molar-refractivity contribution >= 4 is 13.3 Å². The number of fused-ring (bicyclic) bond motifs is 1. The maximum absolute atomic E-state index is 5.88. The van der Waals surface area contributed by atoms with E-state index in [2.05, 4.69) is 41.1 Å². The van der Waals surface area contributed by atoms with E-state index in [1.807, 2.05) is 12.3 Å². The summed E-state index contributed by atoms with van der Waals surface area (Å²) in [5, 5.41) is 0. The maximum atomic E-state index is 5.88.